The summed E-state index contributed by atoms with van der Waals surface area (Å²) < 4.78 is 5.09. The molecule has 114 valence electrons. The second-order valence-corrected chi connectivity index (χ2v) is 4.60. The van der Waals surface area contributed by atoms with E-state index in [1.165, 1.54) is 0 Å². The Hall–Kier alpha value is -1.90. The van der Waals surface area contributed by atoms with Gasteiger partial charge in [0.05, 0.1) is 19.3 Å². The Morgan fingerprint density at radius 2 is 2.29 bits per heavy atom. The molecule has 1 N–H and O–H groups in total. The second kappa shape index (κ2) is 9.11. The number of methoxy groups -OCH3 is 1. The molecule has 5 nitrogen and oxygen atoms in total. The Labute approximate surface area is 125 Å². The number of hydrogen-bond donors (Lipinski definition) is 1. The van der Waals surface area contributed by atoms with Gasteiger partial charge in [-0.2, -0.15) is 0 Å². The molecule has 0 bridgehead atoms. The van der Waals surface area contributed by atoms with Crippen LogP contribution < -0.4 is 0 Å². The fourth-order valence-electron chi connectivity index (χ4n) is 1.95. The Kier molecular flexibility index (Phi) is 7.44. The number of aliphatic hydroxyl groups is 1. The monoisotopic (exact) mass is 290 g/mol. The van der Waals surface area contributed by atoms with Crippen LogP contribution >= 0.6 is 0 Å². The number of carbonyl (C=O) groups excluding carboxylic acids is 1. The smallest absolute Gasteiger partial charge is 0.272 e. The predicted octanol–water partition coefficient (Wildman–Crippen LogP) is 1.31. The Morgan fingerprint density at radius 3 is 2.81 bits per heavy atom. The zero-order chi connectivity index (χ0) is 15.7. The molecule has 5 heteroatoms. The third-order valence-electron chi connectivity index (χ3n) is 2.99. The summed E-state index contributed by atoms with van der Waals surface area (Å²) in [7, 11) is 1.62. The van der Waals surface area contributed by atoms with Crippen molar-refractivity contribution >= 4 is 5.91 Å². The van der Waals surface area contributed by atoms with Gasteiger partial charge in [0, 0.05) is 31.8 Å². The van der Waals surface area contributed by atoms with Crippen LogP contribution in [0.2, 0.25) is 0 Å². The first kappa shape index (κ1) is 17.2. The van der Waals surface area contributed by atoms with E-state index in [0.29, 0.717) is 25.3 Å². The first-order chi connectivity index (χ1) is 10.1. The fourth-order valence-corrected chi connectivity index (χ4v) is 1.95. The van der Waals surface area contributed by atoms with Crippen molar-refractivity contribution < 1.29 is 14.6 Å². The summed E-state index contributed by atoms with van der Waals surface area (Å²) in [4.78, 5) is 18.3. The van der Waals surface area contributed by atoms with Crippen molar-refractivity contribution in [2.45, 2.75) is 26.3 Å². The third-order valence-corrected chi connectivity index (χ3v) is 2.99. The van der Waals surface area contributed by atoms with Crippen molar-refractivity contribution in [3.8, 4) is 11.8 Å². The normalized spacial score (nSPS) is 11.4. The van der Waals surface area contributed by atoms with Crippen LogP contribution in [0.5, 0.6) is 0 Å². The molecular formula is C16H22N2O3. The van der Waals surface area contributed by atoms with Crippen molar-refractivity contribution in [3.63, 3.8) is 0 Å². The summed E-state index contributed by atoms with van der Waals surface area (Å²) >= 11 is 0. The van der Waals surface area contributed by atoms with Crippen LogP contribution in [0.3, 0.4) is 0 Å². The van der Waals surface area contributed by atoms with E-state index in [1.807, 2.05) is 13.8 Å². The zero-order valence-electron chi connectivity index (χ0n) is 12.8. The highest BCUT2D eigenvalue weighted by molar-refractivity contribution is 5.92. The molecule has 1 amide bonds. The molecule has 1 rings (SSSR count). The molecule has 1 aromatic rings. The van der Waals surface area contributed by atoms with Gasteiger partial charge in [0.1, 0.15) is 5.69 Å². The average molecular weight is 290 g/mol. The number of aliphatic hydroxyl groups excluding tert-OH is 1. The predicted molar refractivity (Wildman–Crippen MR) is 80.9 cm³/mol. The lowest BCUT2D eigenvalue weighted by Gasteiger charge is -2.27. The first-order valence-corrected chi connectivity index (χ1v) is 6.99. The van der Waals surface area contributed by atoms with Crippen molar-refractivity contribution in [1.82, 2.24) is 9.88 Å². The molecule has 0 aromatic carbocycles. The molecule has 0 aliphatic heterocycles. The molecule has 1 heterocycles. The van der Waals surface area contributed by atoms with Crippen LogP contribution in [0.1, 0.15) is 36.3 Å². The summed E-state index contributed by atoms with van der Waals surface area (Å²) in [5, 5.41) is 8.67. The maximum atomic E-state index is 12.4. The van der Waals surface area contributed by atoms with Crippen molar-refractivity contribution in [3.05, 3.63) is 29.6 Å². The SMILES string of the molecule is CCN(C(=O)c1ccc(C#CCCO)cn1)C(C)COC. The number of nitrogens with zero attached hydrogens (tertiary/aromatic N) is 2. The summed E-state index contributed by atoms with van der Waals surface area (Å²) in [5.74, 6) is 5.58. The molecule has 0 aliphatic carbocycles. The van der Waals surface area contributed by atoms with E-state index in [1.54, 1.807) is 30.3 Å². The summed E-state index contributed by atoms with van der Waals surface area (Å²) in [5.41, 5.74) is 1.13. The first-order valence-electron chi connectivity index (χ1n) is 6.99. The number of likely N-dealkylation sites (N-methyl/N-ethyl adjacent to an activating group) is 1. The number of carbonyl (C=O) groups is 1. The van der Waals surface area contributed by atoms with Gasteiger partial charge in [0.2, 0.25) is 0 Å². The number of amides is 1. The average Bonchev–Trinajstić information content (AvgIpc) is 2.49. The molecule has 0 saturated carbocycles. The Balaban J connectivity index is 2.80. The molecule has 1 atom stereocenters. The lowest BCUT2D eigenvalue weighted by molar-refractivity contribution is 0.0573. The molecule has 0 fully saturated rings. The van der Waals surface area contributed by atoms with Gasteiger partial charge in [-0.1, -0.05) is 11.8 Å². The molecule has 0 aliphatic rings. The van der Waals surface area contributed by atoms with Crippen LogP contribution in [0.4, 0.5) is 0 Å². The highest BCUT2D eigenvalue weighted by atomic mass is 16.5. The summed E-state index contributed by atoms with van der Waals surface area (Å²) in [6, 6.07) is 3.44. The standard InChI is InChI=1S/C16H22N2O3/c1-4-18(13(2)12-21-3)16(20)15-9-8-14(11-17-15)7-5-6-10-19/h8-9,11,13,19H,4,6,10,12H2,1-3H3. The van der Waals surface area contributed by atoms with Gasteiger partial charge in [-0.25, -0.2) is 4.98 Å². The highest BCUT2D eigenvalue weighted by Gasteiger charge is 2.20. The number of ether oxygens (including phenoxy) is 1. The van der Waals surface area contributed by atoms with E-state index < -0.39 is 0 Å². The molecule has 1 aromatic heterocycles. The van der Waals surface area contributed by atoms with Crippen molar-refractivity contribution in [2.24, 2.45) is 0 Å². The summed E-state index contributed by atoms with van der Waals surface area (Å²) in [6.07, 6.45) is 2.01. The van der Waals surface area contributed by atoms with E-state index in [4.69, 9.17) is 9.84 Å². The molecule has 0 saturated heterocycles. The minimum absolute atomic E-state index is 0.00155. The van der Waals surface area contributed by atoms with Gasteiger partial charge < -0.3 is 14.7 Å². The van der Waals surface area contributed by atoms with Crippen molar-refractivity contribution in [2.75, 3.05) is 26.9 Å². The van der Waals surface area contributed by atoms with E-state index >= 15 is 0 Å². The van der Waals surface area contributed by atoms with E-state index in [2.05, 4.69) is 16.8 Å². The van der Waals surface area contributed by atoms with Gasteiger partial charge in [-0.3, -0.25) is 4.79 Å². The van der Waals surface area contributed by atoms with Gasteiger partial charge >= 0.3 is 0 Å². The van der Waals surface area contributed by atoms with E-state index in [0.717, 1.165) is 5.56 Å². The van der Waals surface area contributed by atoms with Crippen LogP contribution in [-0.2, 0) is 4.74 Å². The fraction of sp³-hybridized carbons (Fsp3) is 0.500. The topological polar surface area (TPSA) is 62.7 Å². The molecule has 0 spiro atoms. The second-order valence-electron chi connectivity index (χ2n) is 4.60. The maximum absolute atomic E-state index is 12.4. The molecule has 1 unspecified atom stereocenters. The number of aromatic nitrogens is 1. The van der Waals surface area contributed by atoms with E-state index in [9.17, 15) is 4.79 Å². The van der Waals surface area contributed by atoms with Gasteiger partial charge in [-0.05, 0) is 26.0 Å². The zero-order valence-corrected chi connectivity index (χ0v) is 12.8. The third kappa shape index (κ3) is 5.18. The lowest BCUT2D eigenvalue weighted by atomic mass is 10.2. The van der Waals surface area contributed by atoms with Crippen molar-refractivity contribution in [1.29, 1.82) is 0 Å². The number of pyridine rings is 1. The lowest BCUT2D eigenvalue weighted by Crippen LogP contribution is -2.41. The Morgan fingerprint density at radius 1 is 1.52 bits per heavy atom. The summed E-state index contributed by atoms with van der Waals surface area (Å²) in [6.45, 7) is 5.01. The van der Waals surface area contributed by atoms with Gasteiger partial charge in [0.25, 0.3) is 5.91 Å². The number of hydrogen-bond acceptors (Lipinski definition) is 4. The Bertz CT molecular complexity index is 502. The minimum atomic E-state index is -0.114. The van der Waals surface area contributed by atoms with Gasteiger partial charge in [-0.15, -0.1) is 0 Å². The van der Waals surface area contributed by atoms with Crippen LogP contribution in [0.25, 0.3) is 0 Å². The minimum Gasteiger partial charge on any atom is -0.395 e. The quantitative estimate of drug-likeness (QED) is 0.803. The van der Waals surface area contributed by atoms with Gasteiger partial charge in [0.15, 0.2) is 0 Å². The molecular weight excluding hydrogens is 268 g/mol. The van der Waals surface area contributed by atoms with E-state index in [-0.39, 0.29) is 18.6 Å². The van der Waals surface area contributed by atoms with Crippen LogP contribution in [-0.4, -0.2) is 53.8 Å². The largest absolute Gasteiger partial charge is 0.395 e. The highest BCUT2D eigenvalue weighted by Crippen LogP contribution is 2.08. The molecule has 0 radical (unpaired) electrons. The van der Waals surface area contributed by atoms with Crippen LogP contribution in [0.15, 0.2) is 18.3 Å². The molecule has 21 heavy (non-hydrogen) atoms. The maximum Gasteiger partial charge on any atom is 0.272 e. The number of rotatable bonds is 6. The van der Waals surface area contributed by atoms with Crippen LogP contribution in [0, 0.1) is 11.8 Å².